The second-order valence-electron chi connectivity index (χ2n) is 5.80. The second-order valence-corrected chi connectivity index (χ2v) is 5.80. The van der Waals surface area contributed by atoms with Crippen LogP contribution in [0.4, 0.5) is 0 Å². The number of rotatable bonds is 3. The molecule has 0 aromatic carbocycles. The minimum absolute atomic E-state index is 0.0393. The molecule has 2 fully saturated rings. The molecular formula is C14H27N3O. The molecule has 2 rings (SSSR count). The minimum atomic E-state index is 0.0393. The molecule has 0 spiro atoms. The number of piperidine rings is 2. The molecule has 18 heavy (non-hydrogen) atoms. The van der Waals surface area contributed by atoms with Crippen LogP contribution in [0, 0.1) is 5.92 Å². The molecule has 4 nitrogen and oxygen atoms in total. The summed E-state index contributed by atoms with van der Waals surface area (Å²) < 4.78 is 0. The monoisotopic (exact) mass is 253 g/mol. The highest BCUT2D eigenvalue weighted by Crippen LogP contribution is 2.19. The van der Waals surface area contributed by atoms with Crippen molar-refractivity contribution in [3.05, 3.63) is 0 Å². The van der Waals surface area contributed by atoms with E-state index in [1.54, 1.807) is 0 Å². The van der Waals surface area contributed by atoms with E-state index in [4.69, 9.17) is 5.73 Å². The average molecular weight is 253 g/mol. The van der Waals surface area contributed by atoms with Crippen LogP contribution in [0.5, 0.6) is 0 Å². The molecule has 2 N–H and O–H groups in total. The Balaban J connectivity index is 1.88. The summed E-state index contributed by atoms with van der Waals surface area (Å²) in [6, 6.07) is 0.0393. The fourth-order valence-corrected chi connectivity index (χ4v) is 3.18. The summed E-state index contributed by atoms with van der Waals surface area (Å²) in [6.45, 7) is 6.78. The van der Waals surface area contributed by atoms with E-state index in [-0.39, 0.29) is 6.04 Å². The Bertz CT molecular complexity index is 276. The van der Waals surface area contributed by atoms with Gasteiger partial charge in [-0.3, -0.25) is 9.69 Å². The number of amides is 1. The molecule has 104 valence electrons. The first-order valence-electron chi connectivity index (χ1n) is 7.45. The first-order chi connectivity index (χ1) is 8.72. The zero-order chi connectivity index (χ0) is 13.0. The van der Waals surface area contributed by atoms with Gasteiger partial charge >= 0.3 is 0 Å². The molecule has 1 amide bonds. The van der Waals surface area contributed by atoms with Gasteiger partial charge in [-0.1, -0.05) is 0 Å². The van der Waals surface area contributed by atoms with Gasteiger partial charge in [0.05, 0.1) is 6.04 Å². The Hall–Kier alpha value is -0.610. The predicted octanol–water partition coefficient (Wildman–Crippen LogP) is 1.06. The van der Waals surface area contributed by atoms with Crippen molar-refractivity contribution in [3.8, 4) is 0 Å². The highest BCUT2D eigenvalue weighted by atomic mass is 16.2. The van der Waals surface area contributed by atoms with Crippen LogP contribution in [0.1, 0.15) is 39.0 Å². The Kier molecular flexibility index (Phi) is 5.01. The van der Waals surface area contributed by atoms with Crippen molar-refractivity contribution in [2.75, 3.05) is 32.7 Å². The van der Waals surface area contributed by atoms with Crippen LogP contribution < -0.4 is 5.73 Å². The molecule has 0 bridgehead atoms. The van der Waals surface area contributed by atoms with E-state index >= 15 is 0 Å². The largest absolute Gasteiger partial charge is 0.341 e. The van der Waals surface area contributed by atoms with Crippen LogP contribution >= 0.6 is 0 Å². The maximum atomic E-state index is 12.4. The summed E-state index contributed by atoms with van der Waals surface area (Å²) in [6.07, 6.45) is 6.02. The second kappa shape index (κ2) is 6.53. The first-order valence-corrected chi connectivity index (χ1v) is 7.45. The van der Waals surface area contributed by atoms with Gasteiger partial charge in [0, 0.05) is 19.6 Å². The predicted molar refractivity (Wildman–Crippen MR) is 73.2 cm³/mol. The highest BCUT2D eigenvalue weighted by molar-refractivity contribution is 5.81. The van der Waals surface area contributed by atoms with Gasteiger partial charge in [-0.2, -0.15) is 0 Å². The van der Waals surface area contributed by atoms with Crippen molar-refractivity contribution >= 4 is 5.91 Å². The Morgan fingerprint density at radius 2 is 1.94 bits per heavy atom. The molecule has 0 aromatic heterocycles. The lowest BCUT2D eigenvalue weighted by Gasteiger charge is -2.38. The number of hydrogen-bond acceptors (Lipinski definition) is 3. The van der Waals surface area contributed by atoms with Crippen molar-refractivity contribution < 1.29 is 4.79 Å². The zero-order valence-corrected chi connectivity index (χ0v) is 11.6. The normalized spacial score (nSPS) is 28.1. The minimum Gasteiger partial charge on any atom is -0.341 e. The molecule has 2 atom stereocenters. The molecule has 2 saturated heterocycles. The summed E-state index contributed by atoms with van der Waals surface area (Å²) in [7, 11) is 0. The molecule has 2 aliphatic rings. The lowest BCUT2D eigenvalue weighted by molar-refractivity contribution is -0.138. The molecule has 2 heterocycles. The van der Waals surface area contributed by atoms with E-state index in [0.717, 1.165) is 32.7 Å². The van der Waals surface area contributed by atoms with Crippen LogP contribution in [-0.2, 0) is 4.79 Å². The van der Waals surface area contributed by atoms with Gasteiger partial charge in [-0.05, 0) is 58.0 Å². The Labute approximate surface area is 110 Å². The summed E-state index contributed by atoms with van der Waals surface area (Å²) in [5, 5.41) is 0. The van der Waals surface area contributed by atoms with Gasteiger partial charge in [0.15, 0.2) is 0 Å². The van der Waals surface area contributed by atoms with E-state index in [9.17, 15) is 4.79 Å². The van der Waals surface area contributed by atoms with E-state index < -0.39 is 0 Å². The van der Waals surface area contributed by atoms with E-state index in [1.807, 2.05) is 0 Å². The van der Waals surface area contributed by atoms with Crippen LogP contribution in [0.15, 0.2) is 0 Å². The lowest BCUT2D eigenvalue weighted by atomic mass is 9.96. The molecule has 0 aliphatic carbocycles. The fourth-order valence-electron chi connectivity index (χ4n) is 3.18. The fraction of sp³-hybridized carbons (Fsp3) is 0.929. The van der Waals surface area contributed by atoms with Crippen LogP contribution in [0.2, 0.25) is 0 Å². The molecule has 4 heteroatoms. The Morgan fingerprint density at radius 1 is 1.22 bits per heavy atom. The number of carbonyl (C=O) groups is 1. The van der Waals surface area contributed by atoms with E-state index in [0.29, 0.717) is 11.8 Å². The van der Waals surface area contributed by atoms with Gasteiger partial charge in [0.1, 0.15) is 0 Å². The van der Waals surface area contributed by atoms with E-state index in [1.165, 1.54) is 32.1 Å². The van der Waals surface area contributed by atoms with Crippen molar-refractivity contribution in [1.29, 1.82) is 0 Å². The van der Waals surface area contributed by atoms with E-state index in [2.05, 4.69) is 16.7 Å². The highest BCUT2D eigenvalue weighted by Gasteiger charge is 2.29. The third-order valence-corrected chi connectivity index (χ3v) is 4.46. The summed E-state index contributed by atoms with van der Waals surface area (Å²) >= 11 is 0. The summed E-state index contributed by atoms with van der Waals surface area (Å²) in [5.41, 5.74) is 5.76. The van der Waals surface area contributed by atoms with Crippen molar-refractivity contribution in [1.82, 2.24) is 9.80 Å². The average Bonchev–Trinajstić information content (AvgIpc) is 2.46. The topological polar surface area (TPSA) is 49.6 Å². The van der Waals surface area contributed by atoms with Gasteiger partial charge in [0.2, 0.25) is 5.91 Å². The number of nitrogens with two attached hydrogens (primary N) is 1. The zero-order valence-electron chi connectivity index (χ0n) is 11.6. The Morgan fingerprint density at radius 3 is 2.61 bits per heavy atom. The number of likely N-dealkylation sites (tertiary alicyclic amines) is 2. The third kappa shape index (κ3) is 3.23. The van der Waals surface area contributed by atoms with Gasteiger partial charge in [0.25, 0.3) is 0 Å². The van der Waals surface area contributed by atoms with Gasteiger partial charge in [-0.25, -0.2) is 0 Å². The lowest BCUT2D eigenvalue weighted by Crippen LogP contribution is -2.52. The van der Waals surface area contributed by atoms with Crippen LogP contribution in [-0.4, -0.2) is 54.5 Å². The standard InChI is InChI=1S/C14H27N3O/c1-12(14(18)16-7-3-2-4-8-16)17-9-5-6-13(10-15)11-17/h12-13H,2-11,15H2,1H3. The quantitative estimate of drug-likeness (QED) is 0.818. The SMILES string of the molecule is CC(C(=O)N1CCCCC1)N1CCCC(CN)C1. The molecular weight excluding hydrogens is 226 g/mol. The molecule has 2 aliphatic heterocycles. The first kappa shape index (κ1) is 13.8. The van der Waals surface area contributed by atoms with Crippen molar-refractivity contribution in [2.45, 2.75) is 45.1 Å². The summed E-state index contributed by atoms with van der Waals surface area (Å²) in [4.78, 5) is 16.8. The maximum absolute atomic E-state index is 12.4. The summed E-state index contributed by atoms with van der Waals surface area (Å²) in [5.74, 6) is 0.905. The molecule has 2 unspecified atom stereocenters. The number of nitrogens with zero attached hydrogens (tertiary/aromatic N) is 2. The van der Waals surface area contributed by atoms with Crippen molar-refractivity contribution in [2.24, 2.45) is 11.7 Å². The molecule has 0 saturated carbocycles. The number of hydrogen-bond donors (Lipinski definition) is 1. The van der Waals surface area contributed by atoms with Crippen LogP contribution in [0.25, 0.3) is 0 Å². The molecule has 0 aromatic rings. The maximum Gasteiger partial charge on any atom is 0.239 e. The van der Waals surface area contributed by atoms with Gasteiger partial charge in [-0.15, -0.1) is 0 Å². The van der Waals surface area contributed by atoms with Gasteiger partial charge < -0.3 is 10.6 Å². The molecule has 0 radical (unpaired) electrons. The van der Waals surface area contributed by atoms with Crippen LogP contribution in [0.3, 0.4) is 0 Å². The van der Waals surface area contributed by atoms with Crippen molar-refractivity contribution in [3.63, 3.8) is 0 Å². The number of carbonyl (C=O) groups excluding carboxylic acids is 1. The smallest absolute Gasteiger partial charge is 0.239 e. The third-order valence-electron chi connectivity index (χ3n) is 4.46.